The first kappa shape index (κ1) is 11.0. The molecule has 0 aliphatic rings. The average molecular weight is 255 g/mol. The number of H-pyrrole nitrogens is 1. The number of nitrogens with zero attached hydrogens (tertiary/aromatic N) is 2. The Bertz CT molecular complexity index is 549. The second-order valence-electron chi connectivity index (χ2n) is 2.93. The number of thiazole rings is 1. The number of thioether (sulfide) groups is 1. The highest BCUT2D eigenvalue weighted by Crippen LogP contribution is 2.23. The van der Waals surface area contributed by atoms with Gasteiger partial charge in [0.25, 0.3) is 5.56 Å². The van der Waals surface area contributed by atoms with Crippen molar-refractivity contribution >= 4 is 34.0 Å². The van der Waals surface area contributed by atoms with Gasteiger partial charge in [0.05, 0.1) is 0 Å². The zero-order chi connectivity index (χ0) is 11.5. The quantitative estimate of drug-likeness (QED) is 0.549. The van der Waals surface area contributed by atoms with Crippen molar-refractivity contribution in [2.45, 2.75) is 10.9 Å². The van der Waals surface area contributed by atoms with Crippen molar-refractivity contribution in [3.05, 3.63) is 27.5 Å². The van der Waals surface area contributed by atoms with E-state index in [-0.39, 0.29) is 11.4 Å². The Morgan fingerprint density at radius 2 is 2.31 bits per heavy atom. The smallest absolute Gasteiger partial charge is 0.253 e. The highest BCUT2D eigenvalue weighted by Gasteiger charge is 2.03. The van der Waals surface area contributed by atoms with Crippen LogP contribution in [0, 0.1) is 0 Å². The van der Waals surface area contributed by atoms with Gasteiger partial charge in [-0.3, -0.25) is 4.79 Å². The molecule has 0 fully saturated rings. The van der Waals surface area contributed by atoms with E-state index in [0.29, 0.717) is 16.0 Å². The topological polar surface area (TPSA) is 111 Å². The summed E-state index contributed by atoms with van der Waals surface area (Å²) in [6, 6.07) is 1.24. The first-order valence-corrected chi connectivity index (χ1v) is 6.13. The van der Waals surface area contributed by atoms with Gasteiger partial charge in [-0.2, -0.15) is 0 Å². The first-order valence-electron chi connectivity index (χ1n) is 4.33. The molecule has 2 rings (SSSR count). The van der Waals surface area contributed by atoms with Crippen molar-refractivity contribution in [2.24, 2.45) is 0 Å². The molecule has 0 aliphatic carbocycles. The second kappa shape index (κ2) is 4.54. The molecule has 0 spiro atoms. The van der Waals surface area contributed by atoms with Gasteiger partial charge in [0.2, 0.25) is 0 Å². The number of aromatic amines is 1. The maximum absolute atomic E-state index is 11.1. The molecular weight excluding hydrogens is 246 g/mol. The van der Waals surface area contributed by atoms with Gasteiger partial charge in [-0.1, -0.05) is 11.8 Å². The van der Waals surface area contributed by atoms with E-state index in [9.17, 15) is 4.79 Å². The zero-order valence-electron chi connectivity index (χ0n) is 8.14. The fourth-order valence-corrected chi connectivity index (χ4v) is 2.64. The van der Waals surface area contributed by atoms with Crippen LogP contribution in [-0.4, -0.2) is 15.0 Å². The number of nitrogens with two attached hydrogens (primary N) is 2. The predicted molar refractivity (Wildman–Crippen MR) is 65.4 cm³/mol. The van der Waals surface area contributed by atoms with Crippen LogP contribution in [-0.2, 0) is 5.75 Å². The molecule has 6 nitrogen and oxygen atoms in total. The lowest BCUT2D eigenvalue weighted by Crippen LogP contribution is -2.09. The zero-order valence-corrected chi connectivity index (χ0v) is 9.77. The summed E-state index contributed by atoms with van der Waals surface area (Å²) in [6.07, 6.45) is 1.71. The Kier molecular flexibility index (Phi) is 3.11. The van der Waals surface area contributed by atoms with Crippen molar-refractivity contribution < 1.29 is 0 Å². The molecule has 8 heteroatoms. The van der Waals surface area contributed by atoms with E-state index in [0.717, 1.165) is 4.88 Å². The largest absolute Gasteiger partial charge is 0.383 e. The monoisotopic (exact) mass is 255 g/mol. The van der Waals surface area contributed by atoms with E-state index >= 15 is 0 Å². The van der Waals surface area contributed by atoms with Crippen molar-refractivity contribution in [3.63, 3.8) is 0 Å². The molecule has 0 saturated heterocycles. The molecule has 2 aromatic rings. The van der Waals surface area contributed by atoms with Gasteiger partial charge in [0.15, 0.2) is 10.3 Å². The molecule has 0 unspecified atom stereocenters. The fourth-order valence-electron chi connectivity index (χ4n) is 1.05. The van der Waals surface area contributed by atoms with Crippen LogP contribution in [0.1, 0.15) is 4.88 Å². The number of nitrogens with one attached hydrogen (secondary N) is 1. The molecule has 2 heterocycles. The van der Waals surface area contributed by atoms with Crippen LogP contribution in [0.5, 0.6) is 0 Å². The lowest BCUT2D eigenvalue weighted by molar-refractivity contribution is 0.945. The summed E-state index contributed by atoms with van der Waals surface area (Å²) in [6.45, 7) is 0. The molecule has 0 atom stereocenters. The van der Waals surface area contributed by atoms with E-state index in [1.807, 2.05) is 0 Å². The SMILES string of the molecule is Nc1cc(=O)[nH]c(SCc2cnc(N)s2)n1. The van der Waals surface area contributed by atoms with Crippen molar-refractivity contribution in [2.75, 3.05) is 11.5 Å². The fraction of sp³-hybridized carbons (Fsp3) is 0.125. The highest BCUT2D eigenvalue weighted by atomic mass is 32.2. The van der Waals surface area contributed by atoms with E-state index in [2.05, 4.69) is 15.0 Å². The molecule has 0 saturated carbocycles. The van der Waals surface area contributed by atoms with Gasteiger partial charge < -0.3 is 16.5 Å². The number of aromatic nitrogens is 3. The number of hydrogen-bond acceptors (Lipinski definition) is 7. The number of hydrogen-bond donors (Lipinski definition) is 3. The number of anilines is 2. The van der Waals surface area contributed by atoms with Gasteiger partial charge in [-0.15, -0.1) is 11.3 Å². The Balaban J connectivity index is 2.07. The van der Waals surface area contributed by atoms with Crippen LogP contribution < -0.4 is 17.0 Å². The van der Waals surface area contributed by atoms with Gasteiger partial charge >= 0.3 is 0 Å². The van der Waals surface area contributed by atoms with Gasteiger partial charge in [-0.25, -0.2) is 9.97 Å². The normalized spacial score (nSPS) is 10.5. The molecule has 0 bridgehead atoms. The molecule has 5 N–H and O–H groups in total. The molecule has 0 aliphatic heterocycles. The Morgan fingerprint density at radius 1 is 1.50 bits per heavy atom. The summed E-state index contributed by atoms with van der Waals surface area (Å²) >= 11 is 2.79. The molecule has 16 heavy (non-hydrogen) atoms. The number of rotatable bonds is 3. The average Bonchev–Trinajstić information content (AvgIpc) is 2.60. The molecular formula is C8H9N5OS2. The van der Waals surface area contributed by atoms with E-state index in [1.165, 1.54) is 29.2 Å². The standard InChI is InChI=1S/C8H9N5OS2/c9-5-1-6(14)13-8(12-5)15-3-4-2-11-7(10)16-4/h1-2H,3H2,(H2,10,11)(H3,9,12,13,14). The van der Waals surface area contributed by atoms with Crippen LogP contribution in [0.3, 0.4) is 0 Å². The minimum Gasteiger partial charge on any atom is -0.383 e. The van der Waals surface area contributed by atoms with Crippen LogP contribution >= 0.6 is 23.1 Å². The lowest BCUT2D eigenvalue weighted by atomic mass is 10.6. The van der Waals surface area contributed by atoms with Crippen molar-refractivity contribution in [1.29, 1.82) is 0 Å². The third-order valence-corrected chi connectivity index (χ3v) is 3.59. The number of nitrogen functional groups attached to an aromatic ring is 2. The summed E-state index contributed by atoms with van der Waals surface area (Å²) in [5.74, 6) is 0.872. The summed E-state index contributed by atoms with van der Waals surface area (Å²) in [5, 5.41) is 1.03. The molecule has 0 amide bonds. The Morgan fingerprint density at radius 3 is 2.94 bits per heavy atom. The van der Waals surface area contributed by atoms with Crippen LogP contribution in [0.2, 0.25) is 0 Å². The highest BCUT2D eigenvalue weighted by molar-refractivity contribution is 7.98. The summed E-state index contributed by atoms with van der Waals surface area (Å²) in [5.41, 5.74) is 10.7. The van der Waals surface area contributed by atoms with Crippen molar-refractivity contribution in [1.82, 2.24) is 15.0 Å². The van der Waals surface area contributed by atoms with Crippen LogP contribution in [0.15, 0.2) is 22.2 Å². The minimum atomic E-state index is -0.251. The first-order chi connectivity index (χ1) is 7.63. The van der Waals surface area contributed by atoms with E-state index in [1.54, 1.807) is 6.20 Å². The van der Waals surface area contributed by atoms with Gasteiger partial charge in [0.1, 0.15) is 5.82 Å². The third kappa shape index (κ3) is 2.74. The van der Waals surface area contributed by atoms with Gasteiger partial charge in [-0.05, 0) is 0 Å². The predicted octanol–water partition coefficient (Wildman–Crippen LogP) is 0.683. The third-order valence-electron chi connectivity index (χ3n) is 1.66. The lowest BCUT2D eigenvalue weighted by Gasteiger charge is -1.98. The maximum Gasteiger partial charge on any atom is 0.253 e. The summed E-state index contributed by atoms with van der Waals surface area (Å²) in [7, 11) is 0. The molecule has 0 aromatic carbocycles. The molecule has 84 valence electrons. The van der Waals surface area contributed by atoms with Gasteiger partial charge in [0, 0.05) is 22.9 Å². The maximum atomic E-state index is 11.1. The van der Waals surface area contributed by atoms with Crippen LogP contribution in [0.4, 0.5) is 10.9 Å². The molecule has 2 aromatic heterocycles. The van der Waals surface area contributed by atoms with Crippen molar-refractivity contribution in [3.8, 4) is 0 Å². The van der Waals surface area contributed by atoms with E-state index < -0.39 is 0 Å². The minimum absolute atomic E-state index is 0.218. The molecule has 0 radical (unpaired) electrons. The summed E-state index contributed by atoms with van der Waals surface area (Å²) in [4.78, 5) is 22.6. The van der Waals surface area contributed by atoms with E-state index in [4.69, 9.17) is 11.5 Å². The van der Waals surface area contributed by atoms with Crippen LogP contribution in [0.25, 0.3) is 0 Å². The summed E-state index contributed by atoms with van der Waals surface area (Å²) < 4.78 is 0. The second-order valence-corrected chi connectivity index (χ2v) is 5.04. The Labute approximate surface area is 99.1 Å². The Hall–Kier alpha value is -1.54.